The molecule has 2 saturated heterocycles. The number of aromatic nitrogens is 1. The summed E-state index contributed by atoms with van der Waals surface area (Å²) in [6, 6.07) is 3.13. The van der Waals surface area contributed by atoms with Gasteiger partial charge in [-0.3, -0.25) is 9.59 Å². The van der Waals surface area contributed by atoms with Crippen molar-refractivity contribution in [1.29, 1.82) is 0 Å². The van der Waals surface area contributed by atoms with Gasteiger partial charge in [0.15, 0.2) is 0 Å². The number of pyridine rings is 1. The van der Waals surface area contributed by atoms with Crippen LogP contribution in [0.5, 0.6) is 11.6 Å². The fourth-order valence-corrected chi connectivity index (χ4v) is 4.68. The average molecular weight is 567 g/mol. The Hall–Kier alpha value is -4.04. The molecule has 220 valence electrons. The normalized spacial score (nSPS) is 18.5. The van der Waals surface area contributed by atoms with Gasteiger partial charge in [-0.05, 0) is 53.2 Å². The molecule has 2 aromatic rings. The number of hydrogen-bond acceptors (Lipinski definition) is 8. The maximum atomic E-state index is 12.4. The van der Waals surface area contributed by atoms with Crippen molar-refractivity contribution in [3.63, 3.8) is 0 Å². The van der Waals surface area contributed by atoms with Gasteiger partial charge in [0, 0.05) is 49.3 Å². The summed E-state index contributed by atoms with van der Waals surface area (Å²) < 4.78 is 17.3. The first-order valence-corrected chi connectivity index (χ1v) is 13.8. The Bertz CT molecular complexity index is 1400. The van der Waals surface area contributed by atoms with Crippen LogP contribution >= 0.6 is 0 Å². The molecule has 0 unspecified atom stereocenters. The topological polar surface area (TPSA) is 153 Å². The zero-order valence-electron chi connectivity index (χ0n) is 24.2. The molecule has 3 amide bonds. The number of carbonyl (C=O) groups excluding carboxylic acids is 3. The first kappa shape index (κ1) is 29.9. The lowest BCUT2D eigenvalue weighted by Crippen LogP contribution is -2.47. The van der Waals surface area contributed by atoms with Gasteiger partial charge in [-0.2, -0.15) is 0 Å². The standard InChI is InChI=1S/C30H38N4O7/c1-18(2)40-24-15-22-21(14-23(24)26(31)36)19(16-32-27(22)39-17-20-6-7-25(35)33-20)8-9-30(38)10-12-34(13-11-30)28(37)41-29(3,4)5/h14-16,18,20,38H,6-7,10-13,17H2,1-5H3,(H2,31,36)(H,33,35)/t20-/m0/s1. The Morgan fingerprint density at radius 1 is 1.24 bits per heavy atom. The van der Waals surface area contributed by atoms with Crippen molar-refractivity contribution in [1.82, 2.24) is 15.2 Å². The number of likely N-dealkylation sites (tertiary alicyclic amines) is 1. The highest BCUT2D eigenvalue weighted by Gasteiger charge is 2.34. The molecule has 0 bridgehead atoms. The van der Waals surface area contributed by atoms with Crippen LogP contribution in [0.4, 0.5) is 4.79 Å². The van der Waals surface area contributed by atoms with Gasteiger partial charge in [-0.15, -0.1) is 0 Å². The summed E-state index contributed by atoms with van der Waals surface area (Å²) in [6.07, 6.45) is 2.48. The van der Waals surface area contributed by atoms with E-state index < -0.39 is 23.2 Å². The van der Waals surface area contributed by atoms with E-state index in [4.69, 9.17) is 19.9 Å². The van der Waals surface area contributed by atoms with Crippen LogP contribution in [0.15, 0.2) is 18.3 Å². The second-order valence-electron chi connectivity index (χ2n) is 11.8. The van der Waals surface area contributed by atoms with Gasteiger partial charge in [0.05, 0.1) is 23.3 Å². The minimum atomic E-state index is -1.33. The Labute approximate surface area is 239 Å². The molecule has 1 aromatic carbocycles. The molecule has 2 aliphatic rings. The van der Waals surface area contributed by atoms with Crippen LogP contribution in [0.3, 0.4) is 0 Å². The van der Waals surface area contributed by atoms with E-state index in [1.165, 1.54) is 6.20 Å². The van der Waals surface area contributed by atoms with E-state index in [-0.39, 0.29) is 43.1 Å². The fourth-order valence-electron chi connectivity index (χ4n) is 4.68. The first-order valence-electron chi connectivity index (χ1n) is 13.8. The van der Waals surface area contributed by atoms with Crippen molar-refractivity contribution in [2.45, 2.75) is 83.6 Å². The third-order valence-electron chi connectivity index (χ3n) is 6.76. The summed E-state index contributed by atoms with van der Waals surface area (Å²) in [5.74, 6) is 5.90. The molecule has 4 N–H and O–H groups in total. The summed E-state index contributed by atoms with van der Waals surface area (Å²) in [6.45, 7) is 9.91. The van der Waals surface area contributed by atoms with E-state index in [0.29, 0.717) is 53.9 Å². The average Bonchev–Trinajstić information content (AvgIpc) is 3.30. The minimum absolute atomic E-state index is 0.0179. The van der Waals surface area contributed by atoms with Crippen molar-refractivity contribution >= 4 is 28.7 Å². The Kier molecular flexibility index (Phi) is 8.63. The van der Waals surface area contributed by atoms with Gasteiger partial charge in [-0.1, -0.05) is 11.8 Å². The maximum Gasteiger partial charge on any atom is 0.410 e. The van der Waals surface area contributed by atoms with Gasteiger partial charge >= 0.3 is 6.09 Å². The van der Waals surface area contributed by atoms with Gasteiger partial charge in [0.25, 0.3) is 5.91 Å². The van der Waals surface area contributed by atoms with Crippen LogP contribution in [0, 0.1) is 11.8 Å². The predicted octanol–water partition coefficient (Wildman–Crippen LogP) is 2.89. The molecule has 2 aliphatic heterocycles. The third-order valence-corrected chi connectivity index (χ3v) is 6.76. The van der Waals surface area contributed by atoms with Gasteiger partial charge in [0.1, 0.15) is 23.6 Å². The van der Waals surface area contributed by atoms with Crippen LogP contribution in [0.1, 0.15) is 76.2 Å². The number of benzene rings is 1. The highest BCUT2D eigenvalue weighted by molar-refractivity contribution is 6.03. The number of piperidine rings is 1. The van der Waals surface area contributed by atoms with E-state index >= 15 is 0 Å². The van der Waals surface area contributed by atoms with E-state index in [1.807, 2.05) is 13.8 Å². The van der Waals surface area contributed by atoms with E-state index in [1.54, 1.807) is 37.8 Å². The highest BCUT2D eigenvalue weighted by atomic mass is 16.6. The lowest BCUT2D eigenvalue weighted by molar-refractivity contribution is -0.119. The number of nitrogens with zero attached hydrogens (tertiary/aromatic N) is 2. The summed E-state index contributed by atoms with van der Waals surface area (Å²) in [5.41, 5.74) is 4.39. The van der Waals surface area contributed by atoms with Crippen molar-refractivity contribution in [2.75, 3.05) is 19.7 Å². The van der Waals surface area contributed by atoms with Crippen molar-refractivity contribution < 1.29 is 33.7 Å². The number of amides is 3. The molecule has 4 rings (SSSR count). The first-order chi connectivity index (χ1) is 19.2. The molecule has 41 heavy (non-hydrogen) atoms. The van der Waals surface area contributed by atoms with Crippen molar-refractivity contribution in [3.05, 3.63) is 29.5 Å². The van der Waals surface area contributed by atoms with E-state index in [2.05, 4.69) is 22.1 Å². The lowest BCUT2D eigenvalue weighted by Gasteiger charge is -2.35. The molecule has 0 aliphatic carbocycles. The molecule has 0 spiro atoms. The monoisotopic (exact) mass is 566 g/mol. The molecular weight excluding hydrogens is 528 g/mol. The summed E-state index contributed by atoms with van der Waals surface area (Å²) in [5, 5.41) is 15.1. The molecule has 11 nitrogen and oxygen atoms in total. The Balaban J connectivity index is 1.64. The second kappa shape index (κ2) is 11.8. The zero-order chi connectivity index (χ0) is 29.9. The second-order valence-corrected chi connectivity index (χ2v) is 11.8. The molecular formula is C30H38N4O7. The number of nitrogens with two attached hydrogens (primary N) is 1. The molecule has 1 atom stereocenters. The van der Waals surface area contributed by atoms with Crippen LogP contribution in [0.2, 0.25) is 0 Å². The maximum absolute atomic E-state index is 12.4. The molecule has 3 heterocycles. The van der Waals surface area contributed by atoms with Crippen LogP contribution < -0.4 is 20.5 Å². The lowest BCUT2D eigenvalue weighted by atomic mass is 9.91. The molecule has 0 radical (unpaired) electrons. The summed E-state index contributed by atoms with van der Waals surface area (Å²) in [7, 11) is 0. The van der Waals surface area contributed by atoms with Gasteiger partial charge in [0.2, 0.25) is 11.8 Å². The van der Waals surface area contributed by atoms with Gasteiger partial charge in [-0.25, -0.2) is 9.78 Å². The van der Waals surface area contributed by atoms with Gasteiger partial charge < -0.3 is 35.3 Å². The molecule has 0 saturated carbocycles. The zero-order valence-corrected chi connectivity index (χ0v) is 24.2. The quantitative estimate of drug-likeness (QED) is 0.451. The number of hydrogen-bond donors (Lipinski definition) is 3. The smallest absolute Gasteiger partial charge is 0.410 e. The number of primary amides is 1. The summed E-state index contributed by atoms with van der Waals surface area (Å²) in [4.78, 5) is 42.4. The predicted molar refractivity (Wildman–Crippen MR) is 152 cm³/mol. The van der Waals surface area contributed by atoms with Crippen LogP contribution in [-0.2, 0) is 9.53 Å². The minimum Gasteiger partial charge on any atom is -0.490 e. The Morgan fingerprint density at radius 3 is 2.54 bits per heavy atom. The molecule has 2 fully saturated rings. The largest absolute Gasteiger partial charge is 0.490 e. The number of rotatable bonds is 6. The number of carbonyl (C=O) groups is 3. The van der Waals surface area contributed by atoms with Crippen LogP contribution in [0.25, 0.3) is 10.8 Å². The number of nitrogens with one attached hydrogen (secondary N) is 1. The highest BCUT2D eigenvalue weighted by Crippen LogP contribution is 2.34. The fraction of sp³-hybridized carbons (Fsp3) is 0.533. The third kappa shape index (κ3) is 7.58. The Morgan fingerprint density at radius 2 is 1.95 bits per heavy atom. The van der Waals surface area contributed by atoms with E-state index in [0.717, 1.165) is 0 Å². The van der Waals surface area contributed by atoms with Crippen molar-refractivity contribution in [2.24, 2.45) is 5.73 Å². The van der Waals surface area contributed by atoms with E-state index in [9.17, 15) is 19.5 Å². The summed E-state index contributed by atoms with van der Waals surface area (Å²) >= 11 is 0. The SMILES string of the molecule is CC(C)Oc1cc2c(OC[C@@H]3CCC(=O)N3)ncc(C#CC3(O)CCN(C(=O)OC(C)(C)C)CC3)c2cc1C(N)=O. The van der Waals surface area contributed by atoms with Crippen molar-refractivity contribution in [3.8, 4) is 23.5 Å². The van der Waals surface area contributed by atoms with Crippen LogP contribution in [-0.4, -0.2) is 75.9 Å². The number of ether oxygens (including phenoxy) is 3. The number of aliphatic hydroxyl groups is 1. The number of fused-ring (bicyclic) bond motifs is 1. The molecule has 11 heteroatoms. The molecule has 1 aromatic heterocycles.